The van der Waals surface area contributed by atoms with Crippen LogP contribution in [0.5, 0.6) is 34.5 Å². The van der Waals surface area contributed by atoms with Gasteiger partial charge in [-0.15, -0.1) is 11.5 Å². The molecule has 2 aromatic rings. The van der Waals surface area contributed by atoms with Crippen molar-refractivity contribution in [1.82, 2.24) is 0 Å². The van der Waals surface area contributed by atoms with E-state index in [4.69, 9.17) is 20.4 Å². The van der Waals surface area contributed by atoms with Crippen LogP contribution in [0.4, 0.5) is 0 Å². The van der Waals surface area contributed by atoms with Crippen LogP contribution in [0.25, 0.3) is 0 Å². The number of carbonyl (C=O) groups is 2. The van der Waals surface area contributed by atoms with Gasteiger partial charge in [0.2, 0.25) is 0 Å². The predicted molar refractivity (Wildman–Crippen MR) is 80.9 cm³/mol. The van der Waals surface area contributed by atoms with E-state index in [0.29, 0.717) is 12.1 Å². The van der Waals surface area contributed by atoms with Crippen LogP contribution >= 0.6 is 0 Å². The fourth-order valence-electron chi connectivity index (χ4n) is 1.42. The Labute approximate surface area is 161 Å². The molecule has 0 fully saturated rings. The van der Waals surface area contributed by atoms with Gasteiger partial charge in [-0.1, -0.05) is 23.6 Å². The average Bonchev–Trinajstić information content (AvgIpc) is 2.49. The smallest absolute Gasteiger partial charge is 0.335 e. The van der Waals surface area contributed by atoms with Gasteiger partial charge >= 0.3 is 11.9 Å². The van der Waals surface area contributed by atoms with Gasteiger partial charge < -0.3 is 51.8 Å². The van der Waals surface area contributed by atoms with Crippen LogP contribution in [0.2, 0.25) is 0 Å². The zero-order valence-corrected chi connectivity index (χ0v) is 15.1. The average molecular weight is 445 g/mol. The number of phenols is 2. The molecule has 0 bridgehead atoms. The van der Waals surface area contributed by atoms with Gasteiger partial charge in [0.15, 0.2) is 0 Å². The normalized spacial score (nSPS) is 8.59. The summed E-state index contributed by atoms with van der Waals surface area (Å²) < 4.78 is 0. The predicted octanol–water partition coefficient (Wildman–Crippen LogP) is -3.56. The third kappa shape index (κ3) is 7.19. The SMILES string of the molecule is O.O.O=C(O)c1cc([O-])c([O-])c(O)c1.O=C(O)c1cc([O-])c([O-])c(O)c1.[Ge]. The summed E-state index contributed by atoms with van der Waals surface area (Å²) in [6.07, 6.45) is 0. The van der Waals surface area contributed by atoms with E-state index >= 15 is 0 Å². The molecule has 12 nitrogen and oxygen atoms in total. The Hall–Kier alpha value is -3.36. The molecule has 148 valence electrons. The van der Waals surface area contributed by atoms with Crippen LogP contribution in [0, 0.1) is 0 Å². The fourth-order valence-corrected chi connectivity index (χ4v) is 1.42. The van der Waals surface area contributed by atoms with Crippen LogP contribution in [0.15, 0.2) is 24.3 Å². The first-order valence-corrected chi connectivity index (χ1v) is 5.93. The maximum atomic E-state index is 10.6. The molecular formula is C14H12GeO12-4. The summed E-state index contributed by atoms with van der Waals surface area (Å²) in [5.74, 6) is -8.59. The van der Waals surface area contributed by atoms with Gasteiger partial charge in [-0.25, -0.2) is 9.59 Å². The molecule has 0 aromatic heterocycles. The van der Waals surface area contributed by atoms with Crippen molar-refractivity contribution in [1.29, 1.82) is 0 Å². The molecule has 0 amide bonds. The number of carboxylic acid groups (broad SMARTS) is 2. The Morgan fingerprint density at radius 3 is 1.11 bits per heavy atom. The van der Waals surface area contributed by atoms with Gasteiger partial charge in [0.25, 0.3) is 0 Å². The molecule has 2 aromatic carbocycles. The second-order valence-corrected chi connectivity index (χ2v) is 4.26. The van der Waals surface area contributed by atoms with Crippen LogP contribution in [-0.2, 0) is 0 Å². The van der Waals surface area contributed by atoms with E-state index < -0.39 is 57.6 Å². The second kappa shape index (κ2) is 11.3. The molecule has 0 atom stereocenters. The van der Waals surface area contributed by atoms with Crippen molar-refractivity contribution in [3.63, 3.8) is 0 Å². The van der Waals surface area contributed by atoms with E-state index in [0.717, 1.165) is 12.1 Å². The van der Waals surface area contributed by atoms with Crippen LogP contribution < -0.4 is 20.4 Å². The molecule has 0 saturated heterocycles. The first-order chi connectivity index (χ1) is 11.0. The van der Waals surface area contributed by atoms with Gasteiger partial charge in [-0.05, 0) is 12.1 Å². The molecule has 27 heavy (non-hydrogen) atoms. The Morgan fingerprint density at radius 2 is 0.926 bits per heavy atom. The summed E-state index contributed by atoms with van der Waals surface area (Å²) in [7, 11) is 0. The number of hydrogen-bond acceptors (Lipinski definition) is 8. The number of aromatic hydroxyl groups is 2. The van der Waals surface area contributed by atoms with Crippen molar-refractivity contribution in [2.45, 2.75) is 0 Å². The minimum absolute atomic E-state index is 0. The van der Waals surface area contributed by atoms with Gasteiger partial charge in [0, 0.05) is 17.6 Å². The summed E-state index contributed by atoms with van der Waals surface area (Å²) in [5.41, 5.74) is -0.783. The van der Waals surface area contributed by atoms with Crippen molar-refractivity contribution in [3.8, 4) is 34.5 Å². The van der Waals surface area contributed by atoms with E-state index in [1.807, 2.05) is 0 Å². The monoisotopic (exact) mass is 446 g/mol. The molecule has 0 spiro atoms. The molecule has 0 aliphatic carbocycles. The Bertz CT molecular complexity index is 691. The molecule has 0 unspecified atom stereocenters. The number of benzene rings is 2. The number of carboxylic acids is 2. The van der Waals surface area contributed by atoms with Crippen molar-refractivity contribution in [3.05, 3.63) is 35.4 Å². The summed E-state index contributed by atoms with van der Waals surface area (Å²) in [6.45, 7) is 0. The zero-order valence-electron chi connectivity index (χ0n) is 13.0. The second-order valence-electron chi connectivity index (χ2n) is 4.26. The number of hydrogen-bond donors (Lipinski definition) is 4. The maximum Gasteiger partial charge on any atom is 0.335 e. The van der Waals surface area contributed by atoms with Crippen molar-refractivity contribution < 1.29 is 61.4 Å². The molecule has 0 aliphatic heterocycles. The van der Waals surface area contributed by atoms with Gasteiger partial charge in [0.1, 0.15) is 11.5 Å². The molecule has 4 radical (unpaired) electrons. The number of phenolic OH excluding ortho intramolecular Hbond substituents is 2. The third-order valence-corrected chi connectivity index (χ3v) is 2.56. The maximum absolute atomic E-state index is 10.6. The third-order valence-electron chi connectivity index (χ3n) is 2.56. The summed E-state index contributed by atoms with van der Waals surface area (Å²) in [5, 5.41) is 76.7. The molecule has 13 heteroatoms. The van der Waals surface area contributed by atoms with Crippen molar-refractivity contribution >= 4 is 29.5 Å². The first-order valence-electron chi connectivity index (χ1n) is 5.93. The van der Waals surface area contributed by atoms with Gasteiger partial charge in [-0.2, -0.15) is 0 Å². The van der Waals surface area contributed by atoms with E-state index in [9.17, 15) is 30.0 Å². The van der Waals surface area contributed by atoms with Crippen LogP contribution in [0.1, 0.15) is 20.7 Å². The fraction of sp³-hybridized carbons (Fsp3) is 0. The standard InChI is InChI=1S/2C7H6O5.Ge.2H2O/c2*8-4-1-3(7(11)12)2-5(9)6(4)10;;;/h2*1-2,8-10H,(H,11,12);;2*1H2/p-4. The Kier molecular flexibility index (Phi) is 11.9. The van der Waals surface area contributed by atoms with Crippen LogP contribution in [-0.4, -0.2) is 60.9 Å². The minimum atomic E-state index is -1.36. The topological polar surface area (TPSA) is 270 Å². The molecular weight excluding hydrogens is 433 g/mol. The summed E-state index contributed by atoms with van der Waals surface area (Å²) >= 11 is 0. The molecule has 0 heterocycles. The van der Waals surface area contributed by atoms with Crippen LogP contribution in [0.3, 0.4) is 0 Å². The quantitative estimate of drug-likeness (QED) is 0.330. The summed E-state index contributed by atoms with van der Waals surface area (Å²) in [6, 6.07) is 2.83. The van der Waals surface area contributed by atoms with E-state index in [1.54, 1.807) is 0 Å². The van der Waals surface area contributed by atoms with Crippen molar-refractivity contribution in [2.24, 2.45) is 0 Å². The minimum Gasteiger partial charge on any atom is -0.873 e. The largest absolute Gasteiger partial charge is 0.873 e. The van der Waals surface area contributed by atoms with E-state index in [-0.39, 0.29) is 28.5 Å². The van der Waals surface area contributed by atoms with E-state index in [2.05, 4.69) is 0 Å². The molecule has 2 rings (SSSR count). The molecule has 0 saturated carbocycles. The Balaban J connectivity index is -0.000000384. The summed E-state index contributed by atoms with van der Waals surface area (Å²) in [4.78, 5) is 20.5. The van der Waals surface area contributed by atoms with Gasteiger partial charge in [-0.3, -0.25) is 0 Å². The van der Waals surface area contributed by atoms with Crippen molar-refractivity contribution in [2.75, 3.05) is 0 Å². The zero-order chi connectivity index (χ0) is 18.6. The Morgan fingerprint density at radius 1 is 0.667 bits per heavy atom. The first kappa shape index (κ1) is 28.4. The number of rotatable bonds is 2. The molecule has 8 N–H and O–H groups in total. The number of aromatic carboxylic acids is 2. The van der Waals surface area contributed by atoms with Gasteiger partial charge in [0.05, 0.1) is 11.1 Å². The molecule has 0 aliphatic rings. The van der Waals surface area contributed by atoms with E-state index in [1.165, 1.54) is 0 Å².